The fourth-order valence-electron chi connectivity index (χ4n) is 3.69. The first-order chi connectivity index (χ1) is 16.4. The largest absolute Gasteiger partial charge is 0.416 e. The SMILES string of the molecule is Cc1ccc(C[C@@H]2CONC(c3cc(Cl)nnc3S(=O)(=O)c3cccc(C(F)(F)F)c3)=N2)c(C)c1. The minimum absolute atomic E-state index is 0.0355. The van der Waals surface area contributed by atoms with E-state index in [1.54, 1.807) is 0 Å². The van der Waals surface area contributed by atoms with Crippen LogP contribution in [0.3, 0.4) is 0 Å². The van der Waals surface area contributed by atoms with Crippen molar-refractivity contribution in [1.29, 1.82) is 0 Å². The van der Waals surface area contributed by atoms with Gasteiger partial charge in [-0.05, 0) is 55.7 Å². The molecule has 0 saturated carbocycles. The van der Waals surface area contributed by atoms with E-state index < -0.39 is 31.5 Å². The van der Waals surface area contributed by atoms with E-state index in [1.807, 2.05) is 32.0 Å². The second kappa shape index (κ2) is 9.56. The molecular formula is C23H20ClF3N4O3S. The second-order valence-electron chi connectivity index (χ2n) is 8.09. The maximum absolute atomic E-state index is 13.3. The highest BCUT2D eigenvalue weighted by Crippen LogP contribution is 2.32. The molecule has 0 aliphatic carbocycles. The van der Waals surface area contributed by atoms with Crippen LogP contribution in [0.2, 0.25) is 5.15 Å². The van der Waals surface area contributed by atoms with Crippen molar-refractivity contribution in [2.24, 2.45) is 4.99 Å². The average Bonchev–Trinajstić information content (AvgIpc) is 2.80. The summed E-state index contributed by atoms with van der Waals surface area (Å²) in [6.45, 7) is 4.20. The number of nitrogens with one attached hydrogen (secondary N) is 1. The number of rotatable bonds is 5. The minimum Gasteiger partial charge on any atom is -0.272 e. The molecule has 1 aliphatic rings. The molecule has 0 spiro atoms. The van der Waals surface area contributed by atoms with Crippen LogP contribution in [-0.4, -0.2) is 37.1 Å². The van der Waals surface area contributed by atoms with E-state index in [0.29, 0.717) is 12.5 Å². The van der Waals surface area contributed by atoms with E-state index in [0.717, 1.165) is 34.9 Å². The van der Waals surface area contributed by atoms with Crippen molar-refractivity contribution >= 4 is 27.3 Å². The molecule has 1 N–H and O–H groups in total. The average molecular weight is 525 g/mol. The molecule has 0 amide bonds. The van der Waals surface area contributed by atoms with E-state index in [-0.39, 0.29) is 29.2 Å². The summed E-state index contributed by atoms with van der Waals surface area (Å²) in [5, 5.41) is 6.58. The Balaban J connectivity index is 1.74. The van der Waals surface area contributed by atoms with Gasteiger partial charge in [0.25, 0.3) is 0 Å². The molecule has 7 nitrogen and oxygen atoms in total. The summed E-state index contributed by atoms with van der Waals surface area (Å²) in [7, 11) is -4.51. The quantitative estimate of drug-likeness (QED) is 0.528. The Morgan fingerprint density at radius 2 is 1.89 bits per heavy atom. The number of hydrogen-bond donors (Lipinski definition) is 1. The molecule has 0 fully saturated rings. The van der Waals surface area contributed by atoms with Crippen molar-refractivity contribution < 1.29 is 26.4 Å². The minimum atomic E-state index is -4.72. The third-order valence-corrected chi connectivity index (χ3v) is 7.29. The lowest BCUT2D eigenvalue weighted by Gasteiger charge is -2.23. The number of hydroxylamine groups is 1. The molecule has 0 unspecified atom stereocenters. The first kappa shape index (κ1) is 25.1. The molecule has 0 bridgehead atoms. The Labute approximate surface area is 204 Å². The van der Waals surface area contributed by atoms with Gasteiger partial charge in [-0.3, -0.25) is 9.83 Å². The normalized spacial score (nSPS) is 16.5. The third kappa shape index (κ3) is 5.47. The number of benzene rings is 2. The number of aryl methyl sites for hydroxylation is 2. The topological polar surface area (TPSA) is 93.5 Å². The summed E-state index contributed by atoms with van der Waals surface area (Å²) in [5.74, 6) is 0.0355. The Kier molecular flexibility index (Phi) is 6.85. The second-order valence-corrected chi connectivity index (χ2v) is 10.3. The fraction of sp³-hybridized carbons (Fsp3) is 0.261. The van der Waals surface area contributed by atoms with E-state index in [9.17, 15) is 21.6 Å². The highest BCUT2D eigenvalue weighted by molar-refractivity contribution is 7.91. The summed E-state index contributed by atoms with van der Waals surface area (Å²) in [5.41, 5.74) is 4.68. The molecule has 1 aromatic heterocycles. The van der Waals surface area contributed by atoms with Gasteiger partial charge in [0.2, 0.25) is 9.84 Å². The fourth-order valence-corrected chi connectivity index (χ4v) is 5.19. The number of aliphatic imine (C=N–C) groups is 1. The standard InChI is InChI=1S/C23H20ClF3N4O3S/c1-13-6-7-15(14(2)8-13)9-17-12-34-31-21(28-17)19-11-20(24)29-30-22(19)35(32,33)18-5-3-4-16(10-18)23(25,26)27/h3-8,10-11,17H,9,12H2,1-2H3,(H,28,31)/t17-/m1/s1. The predicted octanol–water partition coefficient (Wildman–Crippen LogP) is 4.49. The number of sulfone groups is 1. The van der Waals surface area contributed by atoms with E-state index in [2.05, 4.69) is 20.7 Å². The van der Waals surface area contributed by atoms with Crippen LogP contribution < -0.4 is 5.48 Å². The van der Waals surface area contributed by atoms with Crippen LogP contribution >= 0.6 is 11.6 Å². The smallest absolute Gasteiger partial charge is 0.272 e. The number of halogens is 4. The molecule has 1 aliphatic heterocycles. The van der Waals surface area contributed by atoms with Gasteiger partial charge in [0.1, 0.15) is 0 Å². The molecule has 3 aromatic rings. The number of hydrogen-bond acceptors (Lipinski definition) is 7. The van der Waals surface area contributed by atoms with E-state index in [4.69, 9.17) is 16.4 Å². The van der Waals surface area contributed by atoms with Gasteiger partial charge in [-0.1, -0.05) is 41.4 Å². The molecule has 35 heavy (non-hydrogen) atoms. The molecule has 1 atom stereocenters. The Morgan fingerprint density at radius 3 is 2.60 bits per heavy atom. The molecule has 2 aromatic carbocycles. The van der Waals surface area contributed by atoms with Crippen molar-refractivity contribution in [3.63, 3.8) is 0 Å². The van der Waals surface area contributed by atoms with E-state index in [1.165, 1.54) is 6.07 Å². The highest BCUT2D eigenvalue weighted by Gasteiger charge is 2.34. The van der Waals surface area contributed by atoms with Gasteiger partial charge < -0.3 is 0 Å². The highest BCUT2D eigenvalue weighted by atomic mass is 35.5. The van der Waals surface area contributed by atoms with Crippen LogP contribution in [0.5, 0.6) is 0 Å². The zero-order valence-electron chi connectivity index (χ0n) is 18.6. The Hall–Kier alpha value is -3.02. The molecule has 4 rings (SSSR count). The monoisotopic (exact) mass is 524 g/mol. The predicted molar refractivity (Wildman–Crippen MR) is 123 cm³/mol. The lowest BCUT2D eigenvalue weighted by atomic mass is 9.99. The van der Waals surface area contributed by atoms with Gasteiger partial charge in [0, 0.05) is 0 Å². The summed E-state index contributed by atoms with van der Waals surface area (Å²) >= 11 is 5.98. The molecular weight excluding hydrogens is 505 g/mol. The Morgan fingerprint density at radius 1 is 1.11 bits per heavy atom. The number of amidine groups is 1. The van der Waals surface area contributed by atoms with Gasteiger partial charge in [-0.15, -0.1) is 10.2 Å². The maximum atomic E-state index is 13.3. The first-order valence-corrected chi connectivity index (χ1v) is 12.3. The molecule has 184 valence electrons. The Bertz CT molecular complexity index is 1410. The van der Waals surface area contributed by atoms with Crippen molar-refractivity contribution in [1.82, 2.24) is 15.7 Å². The van der Waals surface area contributed by atoms with Gasteiger partial charge in [-0.2, -0.15) is 13.2 Å². The van der Waals surface area contributed by atoms with Crippen molar-refractivity contribution in [3.05, 3.63) is 81.5 Å². The van der Waals surface area contributed by atoms with Gasteiger partial charge in [0.15, 0.2) is 16.0 Å². The number of aromatic nitrogens is 2. The van der Waals surface area contributed by atoms with Gasteiger partial charge >= 0.3 is 6.18 Å². The maximum Gasteiger partial charge on any atom is 0.416 e. The van der Waals surface area contributed by atoms with Crippen molar-refractivity contribution in [2.45, 2.75) is 42.4 Å². The summed E-state index contributed by atoms with van der Waals surface area (Å²) in [4.78, 5) is 9.44. The first-order valence-electron chi connectivity index (χ1n) is 10.4. The van der Waals surface area contributed by atoms with Gasteiger partial charge in [-0.25, -0.2) is 13.9 Å². The van der Waals surface area contributed by atoms with Crippen LogP contribution in [0.25, 0.3) is 0 Å². The number of alkyl halides is 3. The summed E-state index contributed by atoms with van der Waals surface area (Å²) in [6.07, 6.45) is -4.19. The van der Waals surface area contributed by atoms with Crippen molar-refractivity contribution in [2.75, 3.05) is 6.61 Å². The summed E-state index contributed by atoms with van der Waals surface area (Å²) in [6, 6.07) is 10.3. The zero-order valence-corrected chi connectivity index (χ0v) is 20.2. The third-order valence-electron chi connectivity index (χ3n) is 5.42. The van der Waals surface area contributed by atoms with Crippen LogP contribution in [0.1, 0.15) is 27.8 Å². The van der Waals surface area contributed by atoms with E-state index >= 15 is 0 Å². The molecule has 0 radical (unpaired) electrons. The molecule has 2 heterocycles. The molecule has 12 heteroatoms. The lowest BCUT2D eigenvalue weighted by molar-refractivity contribution is -0.137. The zero-order chi connectivity index (χ0) is 25.4. The van der Waals surface area contributed by atoms with Gasteiger partial charge in [0.05, 0.1) is 28.7 Å². The van der Waals surface area contributed by atoms with Crippen LogP contribution in [0.4, 0.5) is 13.2 Å². The lowest BCUT2D eigenvalue weighted by Crippen LogP contribution is -2.37. The van der Waals surface area contributed by atoms with Crippen LogP contribution in [0, 0.1) is 13.8 Å². The van der Waals surface area contributed by atoms with Crippen LogP contribution in [-0.2, 0) is 27.3 Å². The summed E-state index contributed by atoms with van der Waals surface area (Å²) < 4.78 is 66.1. The number of nitrogens with zero attached hydrogens (tertiary/aromatic N) is 3. The van der Waals surface area contributed by atoms with Crippen LogP contribution in [0.15, 0.2) is 63.4 Å². The molecule has 0 saturated heterocycles. The van der Waals surface area contributed by atoms with Crippen molar-refractivity contribution in [3.8, 4) is 0 Å².